The van der Waals surface area contributed by atoms with Gasteiger partial charge in [0.2, 0.25) is 0 Å². The lowest BCUT2D eigenvalue weighted by atomic mass is 9.63. The molecular formula is C16H23N. The summed E-state index contributed by atoms with van der Waals surface area (Å²) in [7, 11) is 0. The number of hydrogen-bond donors (Lipinski definition) is 1. The summed E-state index contributed by atoms with van der Waals surface area (Å²) >= 11 is 0. The number of allylic oxidation sites excluding steroid dienone is 4. The molecule has 4 aliphatic carbocycles. The van der Waals surface area contributed by atoms with Crippen molar-refractivity contribution in [3.8, 4) is 0 Å². The zero-order chi connectivity index (χ0) is 11.4. The zero-order valence-electron chi connectivity index (χ0n) is 10.6. The second-order valence-corrected chi connectivity index (χ2v) is 6.54. The predicted octanol–water partition coefficient (Wildman–Crippen LogP) is 3.42. The number of fused-ring (bicyclic) bond motifs is 2. The van der Waals surface area contributed by atoms with Gasteiger partial charge < -0.3 is 5.73 Å². The van der Waals surface area contributed by atoms with Crippen molar-refractivity contribution < 1.29 is 0 Å². The minimum atomic E-state index is 0.477. The van der Waals surface area contributed by atoms with Crippen LogP contribution in [0.5, 0.6) is 0 Å². The lowest BCUT2D eigenvalue weighted by Crippen LogP contribution is -2.44. The molecule has 1 saturated carbocycles. The van der Waals surface area contributed by atoms with Gasteiger partial charge in [-0.05, 0) is 62.7 Å². The minimum absolute atomic E-state index is 0.477. The van der Waals surface area contributed by atoms with Crippen LogP contribution < -0.4 is 5.73 Å². The number of rotatable bonds is 0. The fourth-order valence-electron chi connectivity index (χ4n) is 5.23. The van der Waals surface area contributed by atoms with Gasteiger partial charge in [0.1, 0.15) is 0 Å². The minimum Gasteiger partial charge on any atom is -0.327 e. The SMILES string of the molecule is NC1CCC2C3=C(CCCC3)C3C=CCC1C32. The van der Waals surface area contributed by atoms with E-state index in [1.54, 1.807) is 0 Å². The first-order chi connectivity index (χ1) is 8.36. The molecule has 0 aromatic rings. The predicted molar refractivity (Wildman–Crippen MR) is 70.4 cm³/mol. The third kappa shape index (κ3) is 1.35. The summed E-state index contributed by atoms with van der Waals surface area (Å²) in [5.41, 5.74) is 10.1. The van der Waals surface area contributed by atoms with Gasteiger partial charge in [0.25, 0.3) is 0 Å². The van der Waals surface area contributed by atoms with Crippen LogP contribution in [0.2, 0.25) is 0 Å². The van der Waals surface area contributed by atoms with Gasteiger partial charge in [0, 0.05) is 12.0 Å². The largest absolute Gasteiger partial charge is 0.327 e. The highest BCUT2D eigenvalue weighted by atomic mass is 14.7. The third-order valence-corrected chi connectivity index (χ3v) is 5.89. The second kappa shape index (κ2) is 3.71. The molecule has 5 unspecified atom stereocenters. The van der Waals surface area contributed by atoms with Crippen LogP contribution in [0.4, 0.5) is 0 Å². The molecule has 0 heterocycles. The van der Waals surface area contributed by atoms with E-state index in [0.717, 1.165) is 23.7 Å². The Hall–Kier alpha value is -0.560. The molecule has 5 atom stereocenters. The molecular weight excluding hydrogens is 206 g/mol. The molecule has 0 bridgehead atoms. The van der Waals surface area contributed by atoms with Crippen LogP contribution in [0.15, 0.2) is 23.3 Å². The average Bonchev–Trinajstić information content (AvgIpc) is 2.70. The van der Waals surface area contributed by atoms with Crippen molar-refractivity contribution in [2.75, 3.05) is 0 Å². The van der Waals surface area contributed by atoms with E-state index in [1.165, 1.54) is 44.9 Å². The van der Waals surface area contributed by atoms with Crippen LogP contribution >= 0.6 is 0 Å². The molecule has 0 aliphatic heterocycles. The van der Waals surface area contributed by atoms with Crippen LogP contribution in [-0.4, -0.2) is 6.04 Å². The maximum atomic E-state index is 6.38. The Morgan fingerprint density at radius 3 is 2.76 bits per heavy atom. The van der Waals surface area contributed by atoms with Crippen molar-refractivity contribution in [2.45, 2.75) is 51.0 Å². The molecule has 92 valence electrons. The van der Waals surface area contributed by atoms with Crippen LogP contribution in [0.1, 0.15) is 44.9 Å². The molecule has 1 nitrogen and oxygen atoms in total. The summed E-state index contributed by atoms with van der Waals surface area (Å²) in [6.07, 6.45) is 14.5. The van der Waals surface area contributed by atoms with Crippen LogP contribution in [0, 0.1) is 23.7 Å². The quantitative estimate of drug-likeness (QED) is 0.633. The Bertz CT molecular complexity index is 392. The van der Waals surface area contributed by atoms with Gasteiger partial charge in [-0.3, -0.25) is 0 Å². The lowest BCUT2D eigenvalue weighted by molar-refractivity contribution is 0.134. The summed E-state index contributed by atoms with van der Waals surface area (Å²) in [6.45, 7) is 0. The summed E-state index contributed by atoms with van der Waals surface area (Å²) < 4.78 is 0. The third-order valence-electron chi connectivity index (χ3n) is 5.89. The number of nitrogens with two attached hydrogens (primary N) is 1. The lowest BCUT2D eigenvalue weighted by Gasteiger charge is -2.43. The summed E-state index contributed by atoms with van der Waals surface area (Å²) in [6, 6.07) is 0.477. The molecule has 0 aromatic carbocycles. The van der Waals surface area contributed by atoms with Crippen molar-refractivity contribution in [3.63, 3.8) is 0 Å². The highest BCUT2D eigenvalue weighted by molar-refractivity contribution is 5.36. The van der Waals surface area contributed by atoms with Gasteiger partial charge in [-0.15, -0.1) is 0 Å². The molecule has 0 aromatic heterocycles. The van der Waals surface area contributed by atoms with Gasteiger partial charge in [0.15, 0.2) is 0 Å². The molecule has 0 amide bonds. The smallest absolute Gasteiger partial charge is 0.00735 e. The second-order valence-electron chi connectivity index (χ2n) is 6.54. The standard InChI is InChI=1S/C16H23N/c17-15-9-8-13-11-5-2-1-4-10(11)12-6-3-7-14(15)16(12)13/h3,6,12-16H,1-2,4-5,7-9,17H2. The molecule has 4 rings (SSSR count). The molecule has 0 radical (unpaired) electrons. The monoisotopic (exact) mass is 229 g/mol. The topological polar surface area (TPSA) is 26.0 Å². The Labute approximate surface area is 104 Å². The van der Waals surface area contributed by atoms with E-state index in [4.69, 9.17) is 5.73 Å². The maximum Gasteiger partial charge on any atom is 0.00735 e. The highest BCUT2D eigenvalue weighted by Crippen LogP contribution is 2.57. The van der Waals surface area contributed by atoms with Crippen molar-refractivity contribution >= 4 is 0 Å². The maximum absolute atomic E-state index is 6.38. The Morgan fingerprint density at radius 1 is 1.06 bits per heavy atom. The van der Waals surface area contributed by atoms with E-state index in [2.05, 4.69) is 12.2 Å². The Morgan fingerprint density at radius 2 is 1.88 bits per heavy atom. The van der Waals surface area contributed by atoms with Crippen molar-refractivity contribution in [1.82, 2.24) is 0 Å². The molecule has 0 saturated heterocycles. The summed E-state index contributed by atoms with van der Waals surface area (Å²) in [4.78, 5) is 0. The van der Waals surface area contributed by atoms with Crippen molar-refractivity contribution in [1.29, 1.82) is 0 Å². The van der Waals surface area contributed by atoms with Gasteiger partial charge >= 0.3 is 0 Å². The van der Waals surface area contributed by atoms with E-state index < -0.39 is 0 Å². The van der Waals surface area contributed by atoms with E-state index in [9.17, 15) is 0 Å². The van der Waals surface area contributed by atoms with E-state index in [1.807, 2.05) is 11.1 Å². The molecule has 1 fully saturated rings. The van der Waals surface area contributed by atoms with Gasteiger partial charge in [-0.1, -0.05) is 23.3 Å². The molecule has 17 heavy (non-hydrogen) atoms. The van der Waals surface area contributed by atoms with Crippen LogP contribution in [0.3, 0.4) is 0 Å². The van der Waals surface area contributed by atoms with E-state index in [0.29, 0.717) is 6.04 Å². The van der Waals surface area contributed by atoms with Crippen LogP contribution in [-0.2, 0) is 0 Å². The van der Waals surface area contributed by atoms with Gasteiger partial charge in [-0.25, -0.2) is 0 Å². The first kappa shape index (κ1) is 10.4. The zero-order valence-corrected chi connectivity index (χ0v) is 10.6. The van der Waals surface area contributed by atoms with E-state index >= 15 is 0 Å². The Balaban J connectivity index is 1.77. The van der Waals surface area contributed by atoms with Gasteiger partial charge in [0.05, 0.1) is 0 Å². The first-order valence-electron chi connectivity index (χ1n) is 7.50. The fraction of sp³-hybridized carbons (Fsp3) is 0.750. The highest BCUT2D eigenvalue weighted by Gasteiger charge is 2.49. The molecule has 1 heteroatoms. The normalized spacial score (nSPS) is 47.9. The molecule has 0 spiro atoms. The van der Waals surface area contributed by atoms with Crippen molar-refractivity contribution in [3.05, 3.63) is 23.3 Å². The first-order valence-corrected chi connectivity index (χ1v) is 7.50. The van der Waals surface area contributed by atoms with Crippen molar-refractivity contribution in [2.24, 2.45) is 29.4 Å². The number of hydrogen-bond acceptors (Lipinski definition) is 1. The molecule has 4 aliphatic rings. The summed E-state index contributed by atoms with van der Waals surface area (Å²) in [5.74, 6) is 3.40. The average molecular weight is 229 g/mol. The van der Waals surface area contributed by atoms with E-state index in [-0.39, 0.29) is 0 Å². The fourth-order valence-corrected chi connectivity index (χ4v) is 5.23. The summed E-state index contributed by atoms with van der Waals surface area (Å²) in [5, 5.41) is 0. The molecule has 2 N–H and O–H groups in total. The van der Waals surface area contributed by atoms with Gasteiger partial charge in [-0.2, -0.15) is 0 Å². The van der Waals surface area contributed by atoms with Crippen LogP contribution in [0.25, 0.3) is 0 Å². The Kier molecular flexibility index (Phi) is 2.27.